The second-order valence-electron chi connectivity index (χ2n) is 4.54. The maximum atomic E-state index is 5.74. The summed E-state index contributed by atoms with van der Waals surface area (Å²) in [6.45, 7) is 4.51. The van der Waals surface area contributed by atoms with E-state index < -0.39 is 0 Å². The fraction of sp³-hybridized carbons (Fsp3) is 0.312. The molecule has 1 N–H and O–H groups in total. The lowest BCUT2D eigenvalue weighted by molar-refractivity contribution is 0.304. The Bertz CT molecular complexity index is 528. The summed E-state index contributed by atoms with van der Waals surface area (Å²) in [7, 11) is 0. The first-order valence-corrected chi connectivity index (χ1v) is 7.60. The summed E-state index contributed by atoms with van der Waals surface area (Å²) in [5, 5.41) is 3.33. The van der Waals surface area contributed by atoms with E-state index in [2.05, 4.69) is 33.2 Å². The highest BCUT2D eigenvalue weighted by molar-refractivity contribution is 9.10. The molecule has 0 aliphatic rings. The molecule has 1 aromatic heterocycles. The zero-order chi connectivity index (χ0) is 14.2. The monoisotopic (exact) mass is 334 g/mol. The normalized spacial score (nSPS) is 10.5. The molecular formula is C16H19BrN2O. The van der Waals surface area contributed by atoms with Crippen LogP contribution >= 0.6 is 15.9 Å². The molecule has 0 atom stereocenters. The lowest BCUT2D eigenvalue weighted by Crippen LogP contribution is -2.14. The van der Waals surface area contributed by atoms with Crippen molar-refractivity contribution in [2.24, 2.45) is 0 Å². The van der Waals surface area contributed by atoms with Crippen LogP contribution in [0.2, 0.25) is 0 Å². The van der Waals surface area contributed by atoms with Crippen LogP contribution in [0.1, 0.15) is 24.6 Å². The van der Waals surface area contributed by atoms with Crippen molar-refractivity contribution in [3.63, 3.8) is 0 Å². The lowest BCUT2D eigenvalue weighted by atomic mass is 10.2. The highest BCUT2D eigenvalue weighted by Gasteiger charge is 2.01. The second kappa shape index (κ2) is 8.02. The van der Waals surface area contributed by atoms with Crippen LogP contribution in [0.4, 0.5) is 0 Å². The molecule has 0 radical (unpaired) electrons. The van der Waals surface area contributed by atoms with Crippen LogP contribution in [0, 0.1) is 0 Å². The van der Waals surface area contributed by atoms with Gasteiger partial charge in [0.05, 0.1) is 11.9 Å². The van der Waals surface area contributed by atoms with Gasteiger partial charge in [0.2, 0.25) is 0 Å². The Morgan fingerprint density at radius 1 is 1.20 bits per heavy atom. The van der Waals surface area contributed by atoms with Crippen LogP contribution in [-0.2, 0) is 13.2 Å². The topological polar surface area (TPSA) is 34.1 Å². The van der Waals surface area contributed by atoms with Crippen molar-refractivity contribution in [1.29, 1.82) is 0 Å². The number of halogens is 1. The third-order valence-corrected chi connectivity index (χ3v) is 3.66. The molecule has 1 heterocycles. The van der Waals surface area contributed by atoms with Crippen molar-refractivity contribution in [2.75, 3.05) is 6.54 Å². The number of rotatable bonds is 7. The maximum Gasteiger partial charge on any atom is 0.138 e. The van der Waals surface area contributed by atoms with Crippen molar-refractivity contribution in [3.8, 4) is 5.75 Å². The molecule has 2 aromatic rings. The van der Waals surface area contributed by atoms with Crippen LogP contribution < -0.4 is 10.1 Å². The summed E-state index contributed by atoms with van der Waals surface area (Å²) < 4.78 is 6.80. The smallest absolute Gasteiger partial charge is 0.138 e. The van der Waals surface area contributed by atoms with E-state index in [4.69, 9.17) is 4.74 Å². The van der Waals surface area contributed by atoms with E-state index in [9.17, 15) is 0 Å². The van der Waals surface area contributed by atoms with Gasteiger partial charge in [-0.3, -0.25) is 4.98 Å². The molecule has 4 heteroatoms. The average molecular weight is 335 g/mol. The lowest BCUT2D eigenvalue weighted by Gasteiger charge is -2.08. The largest absolute Gasteiger partial charge is 0.487 e. The van der Waals surface area contributed by atoms with Crippen molar-refractivity contribution >= 4 is 15.9 Å². The molecule has 106 valence electrons. The Morgan fingerprint density at radius 3 is 2.75 bits per heavy atom. The maximum absolute atomic E-state index is 5.74. The summed E-state index contributed by atoms with van der Waals surface area (Å²) in [4.78, 5) is 4.39. The zero-order valence-corrected chi connectivity index (χ0v) is 13.2. The van der Waals surface area contributed by atoms with Gasteiger partial charge in [0.1, 0.15) is 12.4 Å². The Kier molecular flexibility index (Phi) is 6.02. The Hall–Kier alpha value is -1.39. The quantitative estimate of drug-likeness (QED) is 0.779. The molecule has 20 heavy (non-hydrogen) atoms. The number of pyridine rings is 1. The SMILES string of the molecule is CCCNCc1ccc(OCc2ccccc2Br)cn1. The number of aromatic nitrogens is 1. The van der Waals surface area contributed by atoms with Crippen molar-refractivity contribution in [3.05, 3.63) is 58.3 Å². The third kappa shape index (κ3) is 4.62. The molecule has 0 amide bonds. The van der Waals surface area contributed by atoms with E-state index in [0.29, 0.717) is 6.61 Å². The van der Waals surface area contributed by atoms with Gasteiger partial charge in [-0.05, 0) is 31.2 Å². The number of ether oxygens (including phenoxy) is 1. The van der Waals surface area contributed by atoms with Gasteiger partial charge in [0.15, 0.2) is 0 Å². The van der Waals surface area contributed by atoms with Gasteiger partial charge < -0.3 is 10.1 Å². The average Bonchev–Trinajstić information content (AvgIpc) is 2.48. The first kappa shape index (κ1) is 15.0. The minimum Gasteiger partial charge on any atom is -0.487 e. The summed E-state index contributed by atoms with van der Waals surface area (Å²) in [5.41, 5.74) is 2.16. The van der Waals surface area contributed by atoms with E-state index in [-0.39, 0.29) is 0 Å². The van der Waals surface area contributed by atoms with E-state index >= 15 is 0 Å². The molecule has 1 aromatic carbocycles. The van der Waals surface area contributed by atoms with Crippen molar-refractivity contribution in [1.82, 2.24) is 10.3 Å². The Labute approximate surface area is 128 Å². The van der Waals surface area contributed by atoms with Crippen LogP contribution in [0.15, 0.2) is 47.1 Å². The van der Waals surface area contributed by atoms with Gasteiger partial charge in [-0.1, -0.05) is 41.1 Å². The standard InChI is InChI=1S/C16H19BrN2O/c1-2-9-18-10-14-7-8-15(11-19-14)20-12-13-5-3-4-6-16(13)17/h3-8,11,18H,2,9-10,12H2,1H3. The summed E-state index contributed by atoms with van der Waals surface area (Å²) >= 11 is 3.51. The molecule has 2 rings (SSSR count). The predicted molar refractivity (Wildman–Crippen MR) is 84.7 cm³/mol. The van der Waals surface area contributed by atoms with Gasteiger partial charge in [-0.2, -0.15) is 0 Å². The molecule has 0 bridgehead atoms. The molecule has 3 nitrogen and oxygen atoms in total. The minimum atomic E-state index is 0.538. The first-order valence-electron chi connectivity index (χ1n) is 6.81. The number of hydrogen-bond donors (Lipinski definition) is 1. The predicted octanol–water partition coefficient (Wildman–Crippen LogP) is 3.92. The Balaban J connectivity index is 1.86. The highest BCUT2D eigenvalue weighted by Crippen LogP contribution is 2.18. The number of benzene rings is 1. The third-order valence-electron chi connectivity index (χ3n) is 2.88. The highest BCUT2D eigenvalue weighted by atomic mass is 79.9. The first-order chi connectivity index (χ1) is 9.79. The van der Waals surface area contributed by atoms with Crippen LogP contribution in [-0.4, -0.2) is 11.5 Å². The molecule has 0 saturated heterocycles. The number of nitrogens with one attached hydrogen (secondary N) is 1. The fourth-order valence-electron chi connectivity index (χ4n) is 1.77. The molecule has 0 aliphatic carbocycles. The van der Waals surface area contributed by atoms with E-state index in [1.807, 2.05) is 36.4 Å². The van der Waals surface area contributed by atoms with Crippen molar-refractivity contribution in [2.45, 2.75) is 26.5 Å². The Morgan fingerprint density at radius 2 is 2.05 bits per heavy atom. The molecule has 0 aliphatic heterocycles. The molecule has 0 unspecified atom stereocenters. The van der Waals surface area contributed by atoms with Gasteiger partial charge >= 0.3 is 0 Å². The summed E-state index contributed by atoms with van der Waals surface area (Å²) in [6, 6.07) is 12.0. The number of hydrogen-bond acceptors (Lipinski definition) is 3. The van der Waals surface area contributed by atoms with E-state index in [0.717, 1.165) is 41.0 Å². The molecule has 0 fully saturated rings. The van der Waals surface area contributed by atoms with E-state index in [1.165, 1.54) is 0 Å². The van der Waals surface area contributed by atoms with Gasteiger partial charge in [0.25, 0.3) is 0 Å². The molecule has 0 spiro atoms. The number of nitrogens with zero attached hydrogens (tertiary/aromatic N) is 1. The molecular weight excluding hydrogens is 316 g/mol. The van der Waals surface area contributed by atoms with Gasteiger partial charge in [-0.25, -0.2) is 0 Å². The van der Waals surface area contributed by atoms with Crippen LogP contribution in [0.3, 0.4) is 0 Å². The molecule has 0 saturated carbocycles. The van der Waals surface area contributed by atoms with Crippen LogP contribution in [0.5, 0.6) is 5.75 Å². The van der Waals surface area contributed by atoms with Gasteiger partial charge in [-0.15, -0.1) is 0 Å². The second-order valence-corrected chi connectivity index (χ2v) is 5.40. The van der Waals surface area contributed by atoms with Gasteiger partial charge in [0, 0.05) is 16.6 Å². The summed E-state index contributed by atoms with van der Waals surface area (Å²) in [6.07, 6.45) is 2.91. The fourth-order valence-corrected chi connectivity index (χ4v) is 2.17. The summed E-state index contributed by atoms with van der Waals surface area (Å²) in [5.74, 6) is 0.792. The van der Waals surface area contributed by atoms with Crippen LogP contribution in [0.25, 0.3) is 0 Å². The van der Waals surface area contributed by atoms with Crippen molar-refractivity contribution < 1.29 is 4.74 Å². The van der Waals surface area contributed by atoms with E-state index in [1.54, 1.807) is 6.20 Å². The zero-order valence-electron chi connectivity index (χ0n) is 11.6. The minimum absolute atomic E-state index is 0.538.